The van der Waals surface area contributed by atoms with E-state index in [0.717, 1.165) is 5.57 Å². The Bertz CT molecular complexity index is 367. The molecule has 0 saturated heterocycles. The third-order valence-corrected chi connectivity index (χ3v) is 2.24. The highest BCUT2D eigenvalue weighted by molar-refractivity contribution is 6.22. The van der Waals surface area contributed by atoms with Gasteiger partial charge in [-0.3, -0.25) is 9.59 Å². The minimum atomic E-state index is -0.0316. The molecule has 60 valence electrons. The molecule has 0 aromatic carbocycles. The van der Waals surface area contributed by atoms with Gasteiger partial charge in [0.15, 0.2) is 11.6 Å². The van der Waals surface area contributed by atoms with Crippen LogP contribution in [0.25, 0.3) is 0 Å². The van der Waals surface area contributed by atoms with Gasteiger partial charge in [-0.05, 0) is 31.1 Å². The molecular weight excluding hydrogens is 152 g/mol. The summed E-state index contributed by atoms with van der Waals surface area (Å²) in [5, 5.41) is 0. The number of rotatable bonds is 0. The predicted molar refractivity (Wildman–Crippen MR) is 44.6 cm³/mol. The monoisotopic (exact) mass is 160 g/mol. The number of allylic oxidation sites excluding steroid dienone is 6. The van der Waals surface area contributed by atoms with Crippen LogP contribution in [0.1, 0.15) is 13.3 Å². The molecule has 0 heterocycles. The van der Waals surface area contributed by atoms with Gasteiger partial charge in [0.25, 0.3) is 0 Å². The van der Waals surface area contributed by atoms with Gasteiger partial charge in [-0.15, -0.1) is 0 Å². The number of hydrogen-bond donors (Lipinski definition) is 0. The van der Waals surface area contributed by atoms with Crippen LogP contribution in [0.5, 0.6) is 0 Å². The molecule has 0 unspecified atom stereocenters. The number of ketones is 2. The van der Waals surface area contributed by atoms with Gasteiger partial charge in [-0.1, -0.05) is 6.08 Å². The third-order valence-electron chi connectivity index (χ3n) is 2.24. The Kier molecular flexibility index (Phi) is 1.37. The van der Waals surface area contributed by atoms with Crippen molar-refractivity contribution in [1.29, 1.82) is 0 Å². The van der Waals surface area contributed by atoms with Crippen LogP contribution in [0, 0.1) is 0 Å². The minimum absolute atomic E-state index is 0.0160. The summed E-state index contributed by atoms with van der Waals surface area (Å²) < 4.78 is 0. The van der Waals surface area contributed by atoms with Crippen molar-refractivity contribution >= 4 is 11.6 Å². The second kappa shape index (κ2) is 2.27. The highest BCUT2D eigenvalue weighted by Crippen LogP contribution is 2.30. The second-order valence-electron chi connectivity index (χ2n) is 3.01. The fourth-order valence-electron chi connectivity index (χ4n) is 1.60. The number of hydrogen-bond acceptors (Lipinski definition) is 2. The predicted octanol–water partition coefficient (Wildman–Crippen LogP) is 1.34. The lowest BCUT2D eigenvalue weighted by Gasteiger charge is -2.07. The topological polar surface area (TPSA) is 34.1 Å². The highest BCUT2D eigenvalue weighted by Gasteiger charge is 2.26. The first-order chi connectivity index (χ1) is 5.70. The van der Waals surface area contributed by atoms with E-state index in [0.29, 0.717) is 17.6 Å². The van der Waals surface area contributed by atoms with Crippen molar-refractivity contribution in [2.45, 2.75) is 13.3 Å². The van der Waals surface area contributed by atoms with Gasteiger partial charge in [-0.25, -0.2) is 0 Å². The van der Waals surface area contributed by atoms with Gasteiger partial charge >= 0.3 is 0 Å². The SMILES string of the molecule is CC1=CCC2=C1C(=O)C=CC2=O. The first-order valence-electron chi connectivity index (χ1n) is 3.87. The molecule has 0 bridgehead atoms. The van der Waals surface area contributed by atoms with E-state index in [2.05, 4.69) is 0 Å². The molecule has 2 heteroatoms. The van der Waals surface area contributed by atoms with Gasteiger partial charge in [0.2, 0.25) is 0 Å². The molecule has 0 saturated carbocycles. The molecule has 0 N–H and O–H groups in total. The van der Waals surface area contributed by atoms with E-state index in [1.54, 1.807) is 0 Å². The molecule has 0 aliphatic heterocycles. The van der Waals surface area contributed by atoms with Crippen molar-refractivity contribution in [3.8, 4) is 0 Å². The quantitative estimate of drug-likeness (QED) is 0.501. The second-order valence-corrected chi connectivity index (χ2v) is 3.01. The summed E-state index contributed by atoms with van der Waals surface area (Å²) in [5.74, 6) is -0.0476. The molecule has 2 aliphatic carbocycles. The molecule has 12 heavy (non-hydrogen) atoms. The van der Waals surface area contributed by atoms with Gasteiger partial charge in [0, 0.05) is 11.1 Å². The maximum absolute atomic E-state index is 11.3. The van der Waals surface area contributed by atoms with E-state index in [-0.39, 0.29) is 11.6 Å². The zero-order chi connectivity index (χ0) is 8.72. The van der Waals surface area contributed by atoms with Crippen molar-refractivity contribution < 1.29 is 9.59 Å². The molecule has 0 aromatic heterocycles. The third kappa shape index (κ3) is 0.811. The zero-order valence-electron chi connectivity index (χ0n) is 6.76. The van der Waals surface area contributed by atoms with Gasteiger partial charge in [0.1, 0.15) is 0 Å². The average molecular weight is 160 g/mol. The lowest BCUT2D eigenvalue weighted by atomic mass is 9.94. The summed E-state index contributed by atoms with van der Waals surface area (Å²) in [5.41, 5.74) is 2.23. The summed E-state index contributed by atoms with van der Waals surface area (Å²) in [4.78, 5) is 22.5. The molecule has 0 aromatic rings. The summed E-state index contributed by atoms with van der Waals surface area (Å²) in [6.45, 7) is 1.87. The van der Waals surface area contributed by atoms with Crippen LogP contribution in [0.15, 0.2) is 34.9 Å². The standard InChI is InChI=1S/C10H8O2/c1-6-2-3-7-8(11)4-5-9(12)10(6)7/h2,4-5H,3H2,1H3. The smallest absolute Gasteiger partial charge is 0.186 e. The Morgan fingerprint density at radius 3 is 2.50 bits per heavy atom. The molecule has 2 aliphatic rings. The highest BCUT2D eigenvalue weighted by atomic mass is 16.1. The van der Waals surface area contributed by atoms with Gasteiger partial charge in [0.05, 0.1) is 0 Å². The van der Waals surface area contributed by atoms with Crippen molar-refractivity contribution in [3.05, 3.63) is 34.9 Å². The maximum atomic E-state index is 11.3. The summed E-state index contributed by atoms with van der Waals surface area (Å²) >= 11 is 0. The lowest BCUT2D eigenvalue weighted by molar-refractivity contribution is -0.115. The van der Waals surface area contributed by atoms with E-state index < -0.39 is 0 Å². The Labute approximate surface area is 70.3 Å². The fourth-order valence-corrected chi connectivity index (χ4v) is 1.60. The normalized spacial score (nSPS) is 21.6. The lowest BCUT2D eigenvalue weighted by Crippen LogP contribution is -2.11. The van der Waals surface area contributed by atoms with Gasteiger partial charge in [-0.2, -0.15) is 0 Å². The largest absolute Gasteiger partial charge is 0.290 e. The Hall–Kier alpha value is -1.44. The van der Waals surface area contributed by atoms with E-state index >= 15 is 0 Å². The van der Waals surface area contributed by atoms with E-state index in [1.165, 1.54) is 12.2 Å². The maximum Gasteiger partial charge on any atom is 0.186 e. The van der Waals surface area contributed by atoms with E-state index in [9.17, 15) is 9.59 Å². The van der Waals surface area contributed by atoms with Crippen LogP contribution in [0.3, 0.4) is 0 Å². The summed E-state index contributed by atoms with van der Waals surface area (Å²) in [6.07, 6.45) is 5.25. The van der Waals surface area contributed by atoms with Crippen LogP contribution < -0.4 is 0 Å². The first-order valence-corrected chi connectivity index (χ1v) is 3.87. The van der Waals surface area contributed by atoms with Crippen molar-refractivity contribution in [2.24, 2.45) is 0 Å². The van der Waals surface area contributed by atoms with Crippen LogP contribution in [-0.4, -0.2) is 11.6 Å². The molecule has 2 rings (SSSR count). The van der Waals surface area contributed by atoms with Crippen LogP contribution in [0.4, 0.5) is 0 Å². The summed E-state index contributed by atoms with van der Waals surface area (Å²) in [6, 6.07) is 0. The summed E-state index contributed by atoms with van der Waals surface area (Å²) in [7, 11) is 0. The molecule has 0 fully saturated rings. The Morgan fingerprint density at radius 1 is 1.17 bits per heavy atom. The fraction of sp³-hybridized carbons (Fsp3) is 0.200. The van der Waals surface area contributed by atoms with Gasteiger partial charge < -0.3 is 0 Å². The first kappa shape index (κ1) is 7.22. The van der Waals surface area contributed by atoms with Crippen molar-refractivity contribution in [3.63, 3.8) is 0 Å². The minimum Gasteiger partial charge on any atom is -0.290 e. The molecule has 0 amide bonds. The average Bonchev–Trinajstić information content (AvgIpc) is 2.42. The van der Waals surface area contributed by atoms with Crippen LogP contribution >= 0.6 is 0 Å². The van der Waals surface area contributed by atoms with Crippen LogP contribution in [0.2, 0.25) is 0 Å². The van der Waals surface area contributed by atoms with Crippen molar-refractivity contribution in [2.75, 3.05) is 0 Å². The van der Waals surface area contributed by atoms with Crippen LogP contribution in [-0.2, 0) is 9.59 Å². The molecule has 2 nitrogen and oxygen atoms in total. The number of carbonyl (C=O) groups excluding carboxylic acids is 2. The molecule has 0 radical (unpaired) electrons. The van der Waals surface area contributed by atoms with Crippen molar-refractivity contribution in [1.82, 2.24) is 0 Å². The van der Waals surface area contributed by atoms with E-state index in [4.69, 9.17) is 0 Å². The zero-order valence-corrected chi connectivity index (χ0v) is 6.76. The van der Waals surface area contributed by atoms with E-state index in [1.807, 2.05) is 13.0 Å². The number of carbonyl (C=O) groups is 2. The molecule has 0 atom stereocenters. The molecular formula is C10H8O2. The Balaban J connectivity index is 2.55. The Morgan fingerprint density at radius 2 is 1.83 bits per heavy atom. The molecule has 0 spiro atoms.